The van der Waals surface area contributed by atoms with Crippen LogP contribution < -0.4 is 5.32 Å². The molecule has 0 saturated carbocycles. The topological polar surface area (TPSA) is 77.1 Å². The molecule has 0 aromatic carbocycles. The number of pyridine rings is 2. The van der Waals surface area contributed by atoms with Crippen molar-refractivity contribution in [2.24, 2.45) is 0 Å². The highest BCUT2D eigenvalue weighted by Gasteiger charge is 2.22. The molecule has 4 aromatic rings. The van der Waals surface area contributed by atoms with Crippen LogP contribution in [0, 0.1) is 0 Å². The lowest BCUT2D eigenvalue weighted by atomic mass is 10.1. The van der Waals surface area contributed by atoms with Gasteiger partial charge in [-0.2, -0.15) is 0 Å². The Balaban J connectivity index is 1.58. The van der Waals surface area contributed by atoms with Crippen LogP contribution in [0.2, 0.25) is 0 Å². The molecule has 1 amide bonds. The first-order valence-electron chi connectivity index (χ1n) is 9.05. The molecular weight excluding hydrogens is 340 g/mol. The summed E-state index contributed by atoms with van der Waals surface area (Å²) in [5, 5.41) is 3.05. The highest BCUT2D eigenvalue weighted by atomic mass is 16.2. The quantitative estimate of drug-likeness (QED) is 0.610. The van der Waals surface area contributed by atoms with Gasteiger partial charge in [-0.25, -0.2) is 9.97 Å². The van der Waals surface area contributed by atoms with Gasteiger partial charge in [-0.05, 0) is 37.1 Å². The molecule has 0 spiro atoms. The number of aryl methyl sites for hydroxylation is 1. The lowest BCUT2D eigenvalue weighted by Gasteiger charge is -2.16. The first-order chi connectivity index (χ1) is 13.3. The SMILES string of the molecule is O=C(Nc1c(-c2ccccn2)nc2ccccn12)c1cnc2n1CCCC2. The first-order valence-corrected chi connectivity index (χ1v) is 9.05. The number of carbonyl (C=O) groups excluding carboxylic acids is 1. The van der Waals surface area contributed by atoms with E-state index in [4.69, 9.17) is 0 Å². The monoisotopic (exact) mass is 358 g/mol. The number of amides is 1. The maximum atomic E-state index is 13.0. The number of imidazole rings is 2. The van der Waals surface area contributed by atoms with Crippen molar-refractivity contribution in [3.8, 4) is 11.4 Å². The van der Waals surface area contributed by atoms with Crippen LogP contribution in [0.15, 0.2) is 55.0 Å². The Labute approximate surface area is 155 Å². The summed E-state index contributed by atoms with van der Waals surface area (Å²) in [4.78, 5) is 26.5. The third-order valence-corrected chi connectivity index (χ3v) is 4.87. The van der Waals surface area contributed by atoms with E-state index in [1.54, 1.807) is 12.4 Å². The van der Waals surface area contributed by atoms with Gasteiger partial charge in [0, 0.05) is 25.4 Å². The second-order valence-corrected chi connectivity index (χ2v) is 6.58. The summed E-state index contributed by atoms with van der Waals surface area (Å²) in [7, 11) is 0. The molecule has 0 saturated heterocycles. The van der Waals surface area contributed by atoms with Gasteiger partial charge in [0.05, 0.1) is 11.9 Å². The average molecular weight is 358 g/mol. The minimum Gasteiger partial charge on any atom is -0.324 e. The molecule has 0 aliphatic carbocycles. The van der Waals surface area contributed by atoms with Crippen LogP contribution in [0.1, 0.15) is 29.2 Å². The summed E-state index contributed by atoms with van der Waals surface area (Å²) in [5.41, 5.74) is 2.70. The molecule has 0 fully saturated rings. The fourth-order valence-corrected chi connectivity index (χ4v) is 3.57. The van der Waals surface area contributed by atoms with Crippen molar-refractivity contribution in [1.82, 2.24) is 23.9 Å². The van der Waals surface area contributed by atoms with Crippen LogP contribution in [0.3, 0.4) is 0 Å². The van der Waals surface area contributed by atoms with E-state index < -0.39 is 0 Å². The van der Waals surface area contributed by atoms with E-state index in [-0.39, 0.29) is 5.91 Å². The van der Waals surface area contributed by atoms with Crippen molar-refractivity contribution in [3.63, 3.8) is 0 Å². The molecule has 0 bridgehead atoms. The highest BCUT2D eigenvalue weighted by Crippen LogP contribution is 2.28. The molecule has 5 rings (SSSR count). The molecule has 1 aliphatic heterocycles. The van der Waals surface area contributed by atoms with Gasteiger partial charge in [0.1, 0.15) is 28.7 Å². The largest absolute Gasteiger partial charge is 0.324 e. The van der Waals surface area contributed by atoms with E-state index in [1.165, 1.54) is 0 Å². The Kier molecular flexibility index (Phi) is 3.71. The predicted molar refractivity (Wildman–Crippen MR) is 102 cm³/mol. The Morgan fingerprint density at radius 1 is 1.07 bits per heavy atom. The van der Waals surface area contributed by atoms with E-state index in [9.17, 15) is 4.79 Å². The van der Waals surface area contributed by atoms with E-state index in [0.29, 0.717) is 22.9 Å². The Hall–Kier alpha value is -3.48. The molecule has 0 unspecified atom stereocenters. The van der Waals surface area contributed by atoms with Gasteiger partial charge in [-0.15, -0.1) is 0 Å². The van der Waals surface area contributed by atoms with Crippen molar-refractivity contribution in [2.45, 2.75) is 25.8 Å². The maximum Gasteiger partial charge on any atom is 0.275 e. The molecule has 7 nitrogen and oxygen atoms in total. The lowest BCUT2D eigenvalue weighted by Crippen LogP contribution is -2.21. The van der Waals surface area contributed by atoms with Crippen LogP contribution in [0.4, 0.5) is 5.82 Å². The van der Waals surface area contributed by atoms with Gasteiger partial charge in [-0.3, -0.25) is 14.2 Å². The number of fused-ring (bicyclic) bond motifs is 2. The van der Waals surface area contributed by atoms with Gasteiger partial charge in [0.15, 0.2) is 0 Å². The summed E-state index contributed by atoms with van der Waals surface area (Å²) in [6.07, 6.45) is 8.38. The maximum absolute atomic E-state index is 13.0. The zero-order valence-corrected chi connectivity index (χ0v) is 14.7. The summed E-state index contributed by atoms with van der Waals surface area (Å²) in [5.74, 6) is 1.41. The van der Waals surface area contributed by atoms with E-state index in [2.05, 4.69) is 20.3 Å². The summed E-state index contributed by atoms with van der Waals surface area (Å²) in [6.45, 7) is 0.832. The normalized spacial score (nSPS) is 13.5. The Morgan fingerprint density at radius 2 is 2.00 bits per heavy atom. The fourth-order valence-electron chi connectivity index (χ4n) is 3.57. The number of carbonyl (C=O) groups is 1. The molecular formula is C20H18N6O. The molecule has 1 N–H and O–H groups in total. The summed E-state index contributed by atoms with van der Waals surface area (Å²) in [6, 6.07) is 11.4. The van der Waals surface area contributed by atoms with Gasteiger partial charge in [0.25, 0.3) is 5.91 Å². The minimum absolute atomic E-state index is 0.182. The highest BCUT2D eigenvalue weighted by molar-refractivity contribution is 6.04. The van der Waals surface area contributed by atoms with E-state index in [1.807, 2.05) is 51.6 Å². The number of aromatic nitrogens is 5. The zero-order chi connectivity index (χ0) is 18.2. The Bertz CT molecular complexity index is 1130. The zero-order valence-electron chi connectivity index (χ0n) is 14.7. The predicted octanol–water partition coefficient (Wildman–Crippen LogP) is 3.18. The van der Waals surface area contributed by atoms with Crippen molar-refractivity contribution in [1.29, 1.82) is 0 Å². The van der Waals surface area contributed by atoms with Gasteiger partial charge >= 0.3 is 0 Å². The number of anilines is 1. The number of hydrogen-bond donors (Lipinski definition) is 1. The molecule has 0 radical (unpaired) electrons. The average Bonchev–Trinajstić information content (AvgIpc) is 3.31. The van der Waals surface area contributed by atoms with Crippen molar-refractivity contribution < 1.29 is 4.79 Å². The molecule has 7 heteroatoms. The van der Waals surface area contributed by atoms with Crippen molar-refractivity contribution in [3.05, 3.63) is 66.5 Å². The van der Waals surface area contributed by atoms with Gasteiger partial charge in [0.2, 0.25) is 0 Å². The lowest BCUT2D eigenvalue weighted by molar-refractivity contribution is 0.101. The van der Waals surface area contributed by atoms with Crippen LogP contribution in [0.5, 0.6) is 0 Å². The third-order valence-electron chi connectivity index (χ3n) is 4.87. The molecule has 134 valence electrons. The standard InChI is InChI=1S/C20H18N6O/c27-20(15-13-22-16-8-2-5-11-25(15)16)24-19-18(14-7-1-4-10-21-14)23-17-9-3-6-12-26(17)19/h1,3-4,6-7,9-10,12-13H,2,5,8,11H2,(H,24,27). The number of rotatable bonds is 3. The van der Waals surface area contributed by atoms with Crippen LogP contribution in [0.25, 0.3) is 17.0 Å². The first kappa shape index (κ1) is 15.7. The molecule has 0 atom stereocenters. The molecule has 5 heterocycles. The second kappa shape index (κ2) is 6.35. The molecule has 4 aromatic heterocycles. The molecule has 27 heavy (non-hydrogen) atoms. The van der Waals surface area contributed by atoms with Crippen LogP contribution >= 0.6 is 0 Å². The number of nitrogens with zero attached hydrogens (tertiary/aromatic N) is 5. The van der Waals surface area contributed by atoms with Crippen LogP contribution in [-0.2, 0) is 13.0 Å². The summed E-state index contributed by atoms with van der Waals surface area (Å²) >= 11 is 0. The second-order valence-electron chi connectivity index (χ2n) is 6.58. The number of hydrogen-bond acceptors (Lipinski definition) is 4. The van der Waals surface area contributed by atoms with Crippen LogP contribution in [-0.4, -0.2) is 29.8 Å². The van der Waals surface area contributed by atoms with E-state index in [0.717, 1.165) is 37.3 Å². The van der Waals surface area contributed by atoms with Gasteiger partial charge in [-0.1, -0.05) is 12.1 Å². The minimum atomic E-state index is -0.182. The summed E-state index contributed by atoms with van der Waals surface area (Å²) < 4.78 is 3.89. The van der Waals surface area contributed by atoms with Crippen molar-refractivity contribution >= 4 is 17.4 Å². The van der Waals surface area contributed by atoms with E-state index >= 15 is 0 Å². The van der Waals surface area contributed by atoms with Crippen molar-refractivity contribution in [2.75, 3.05) is 5.32 Å². The van der Waals surface area contributed by atoms with Gasteiger partial charge < -0.3 is 9.88 Å². The fraction of sp³-hybridized carbons (Fsp3) is 0.200. The number of nitrogens with one attached hydrogen (secondary N) is 1. The molecule has 1 aliphatic rings. The smallest absolute Gasteiger partial charge is 0.275 e. The Morgan fingerprint density at radius 3 is 2.89 bits per heavy atom. The third kappa shape index (κ3) is 2.68.